The van der Waals surface area contributed by atoms with Crippen molar-refractivity contribution in [3.8, 4) is 0 Å². The van der Waals surface area contributed by atoms with E-state index in [9.17, 15) is 14.9 Å². The van der Waals surface area contributed by atoms with Crippen LogP contribution in [0.4, 0.5) is 0 Å². The Labute approximate surface area is 57.7 Å². The number of carbonyl (C=O) groups excluding carboxylic acids is 1. The summed E-state index contributed by atoms with van der Waals surface area (Å²) in [6, 6.07) is 0. The van der Waals surface area contributed by atoms with Crippen LogP contribution in [0.15, 0.2) is 11.3 Å². The molecule has 0 amide bonds. The van der Waals surface area contributed by atoms with Crippen molar-refractivity contribution in [2.75, 3.05) is 0 Å². The van der Waals surface area contributed by atoms with Crippen LogP contribution in [-0.4, -0.2) is 10.7 Å². The summed E-state index contributed by atoms with van der Waals surface area (Å²) in [7, 11) is 0. The van der Waals surface area contributed by atoms with Gasteiger partial charge in [0.1, 0.15) is 0 Å². The fourth-order valence-corrected chi connectivity index (χ4v) is 0.996. The number of rotatable bonds is 1. The first-order valence-electron chi connectivity index (χ1n) is 3.00. The molecule has 0 saturated heterocycles. The lowest BCUT2D eigenvalue weighted by molar-refractivity contribution is -0.427. The van der Waals surface area contributed by atoms with E-state index in [1.165, 1.54) is 6.92 Å². The van der Waals surface area contributed by atoms with E-state index in [1.807, 2.05) is 0 Å². The number of hydrogen-bond donors (Lipinski definition) is 0. The predicted octanol–water partition coefficient (Wildman–Crippen LogP) is 0.900. The van der Waals surface area contributed by atoms with Gasteiger partial charge in [-0.25, -0.2) is 0 Å². The van der Waals surface area contributed by atoms with Crippen LogP contribution < -0.4 is 0 Å². The first-order valence-corrected chi connectivity index (χ1v) is 3.00. The highest BCUT2D eigenvalue weighted by Crippen LogP contribution is 2.21. The zero-order valence-corrected chi connectivity index (χ0v) is 5.59. The van der Waals surface area contributed by atoms with E-state index in [4.69, 9.17) is 0 Å². The van der Waals surface area contributed by atoms with E-state index >= 15 is 0 Å². The quantitative estimate of drug-likeness (QED) is 0.402. The van der Waals surface area contributed by atoms with Crippen LogP contribution in [-0.2, 0) is 4.79 Å². The van der Waals surface area contributed by atoms with Crippen molar-refractivity contribution >= 4 is 5.78 Å². The fourth-order valence-electron chi connectivity index (χ4n) is 0.996. The number of nitrogens with zero attached hydrogens (tertiary/aromatic N) is 1. The molecular formula is C6H7NO3. The minimum absolute atomic E-state index is 0.0880. The molecule has 0 aromatic carbocycles. The van der Waals surface area contributed by atoms with Crippen molar-refractivity contribution in [2.24, 2.45) is 0 Å². The molecule has 0 bridgehead atoms. The normalized spacial score (nSPS) is 18.3. The Kier molecular flexibility index (Phi) is 1.53. The molecule has 0 aliphatic heterocycles. The fraction of sp³-hybridized carbons (Fsp3) is 0.500. The van der Waals surface area contributed by atoms with Crippen molar-refractivity contribution in [2.45, 2.75) is 19.8 Å². The van der Waals surface area contributed by atoms with Gasteiger partial charge in [0.05, 0.1) is 10.5 Å². The third-order valence-corrected chi connectivity index (χ3v) is 1.66. The van der Waals surface area contributed by atoms with Crippen LogP contribution in [0, 0.1) is 10.1 Å². The molecule has 0 atom stereocenters. The minimum atomic E-state index is -0.472. The van der Waals surface area contributed by atoms with Crippen LogP contribution in [0.2, 0.25) is 0 Å². The van der Waals surface area contributed by atoms with Gasteiger partial charge in [-0.05, 0) is 6.92 Å². The van der Waals surface area contributed by atoms with Gasteiger partial charge in [0.15, 0.2) is 5.78 Å². The maximum atomic E-state index is 10.7. The van der Waals surface area contributed by atoms with Crippen molar-refractivity contribution in [3.63, 3.8) is 0 Å². The van der Waals surface area contributed by atoms with Crippen LogP contribution in [0.25, 0.3) is 0 Å². The summed E-state index contributed by atoms with van der Waals surface area (Å²) in [6.07, 6.45) is 0.611. The molecule has 0 aromatic heterocycles. The first kappa shape index (κ1) is 6.92. The second-order valence-corrected chi connectivity index (χ2v) is 2.25. The van der Waals surface area contributed by atoms with Crippen molar-refractivity contribution < 1.29 is 9.72 Å². The molecule has 1 aliphatic rings. The molecule has 4 heteroatoms. The molecule has 0 spiro atoms. The number of ketones is 1. The highest BCUT2D eigenvalue weighted by atomic mass is 16.6. The molecular weight excluding hydrogens is 134 g/mol. The zero-order valence-electron chi connectivity index (χ0n) is 5.59. The van der Waals surface area contributed by atoms with Crippen LogP contribution >= 0.6 is 0 Å². The Balaban J connectivity index is 2.96. The van der Waals surface area contributed by atoms with Crippen LogP contribution in [0.1, 0.15) is 19.8 Å². The summed E-state index contributed by atoms with van der Waals surface area (Å²) in [5, 5.41) is 10.2. The molecule has 1 aliphatic carbocycles. The van der Waals surface area contributed by atoms with Gasteiger partial charge < -0.3 is 0 Å². The summed E-state index contributed by atoms with van der Waals surface area (Å²) >= 11 is 0. The van der Waals surface area contributed by atoms with Crippen LogP contribution in [0.5, 0.6) is 0 Å². The summed E-state index contributed by atoms with van der Waals surface area (Å²) in [6.45, 7) is 1.51. The summed E-state index contributed by atoms with van der Waals surface area (Å²) in [4.78, 5) is 20.4. The molecule has 0 heterocycles. The lowest BCUT2D eigenvalue weighted by atomic mass is 10.2. The Hall–Kier alpha value is -1.19. The summed E-state index contributed by atoms with van der Waals surface area (Å²) in [5.41, 5.74) is 0.412. The van der Waals surface area contributed by atoms with Gasteiger partial charge in [-0.3, -0.25) is 14.9 Å². The molecule has 0 unspecified atom stereocenters. The van der Waals surface area contributed by atoms with Gasteiger partial charge >= 0.3 is 0 Å². The summed E-state index contributed by atoms with van der Waals surface area (Å²) < 4.78 is 0. The third kappa shape index (κ3) is 0.920. The molecule has 4 nitrogen and oxygen atoms in total. The van der Waals surface area contributed by atoms with Gasteiger partial charge in [0, 0.05) is 12.8 Å². The Morgan fingerprint density at radius 2 is 2.10 bits per heavy atom. The molecule has 0 fully saturated rings. The summed E-state index contributed by atoms with van der Waals surface area (Å²) in [5.74, 6) is -0.0910. The van der Waals surface area contributed by atoms with Gasteiger partial charge in [0.25, 0.3) is 5.70 Å². The van der Waals surface area contributed by atoms with E-state index in [0.717, 1.165) is 0 Å². The van der Waals surface area contributed by atoms with E-state index in [1.54, 1.807) is 0 Å². The maximum Gasteiger partial charge on any atom is 0.253 e. The standard InChI is InChI=1S/C6H7NO3/c1-4-5(7(9)10)2-3-6(4)8/h2-3H2,1H3. The third-order valence-electron chi connectivity index (χ3n) is 1.66. The minimum Gasteiger partial charge on any atom is -0.294 e. The molecule has 0 radical (unpaired) electrons. The lowest BCUT2D eigenvalue weighted by Crippen LogP contribution is -1.97. The Morgan fingerprint density at radius 1 is 1.50 bits per heavy atom. The number of allylic oxidation sites excluding steroid dienone is 2. The average molecular weight is 141 g/mol. The Morgan fingerprint density at radius 3 is 2.30 bits per heavy atom. The predicted molar refractivity (Wildman–Crippen MR) is 33.9 cm³/mol. The van der Waals surface area contributed by atoms with Crippen molar-refractivity contribution in [1.29, 1.82) is 0 Å². The van der Waals surface area contributed by atoms with Gasteiger partial charge in [-0.15, -0.1) is 0 Å². The molecule has 0 aromatic rings. The molecule has 54 valence electrons. The number of Topliss-reactive ketones (excluding diaryl/α,β-unsaturated/α-hetero) is 1. The second kappa shape index (κ2) is 2.21. The molecule has 0 N–H and O–H groups in total. The zero-order chi connectivity index (χ0) is 7.72. The largest absolute Gasteiger partial charge is 0.294 e. The van der Waals surface area contributed by atoms with Gasteiger partial charge in [-0.1, -0.05) is 0 Å². The van der Waals surface area contributed by atoms with E-state index < -0.39 is 4.92 Å². The van der Waals surface area contributed by atoms with E-state index in [0.29, 0.717) is 18.4 Å². The smallest absolute Gasteiger partial charge is 0.253 e. The second-order valence-electron chi connectivity index (χ2n) is 2.25. The SMILES string of the molecule is CC1=C([N+](=O)[O-])CCC1=O. The Bertz CT molecular complexity index is 229. The number of hydrogen-bond acceptors (Lipinski definition) is 3. The first-order chi connectivity index (χ1) is 4.63. The lowest BCUT2D eigenvalue weighted by Gasteiger charge is -1.87. The van der Waals surface area contributed by atoms with Crippen molar-refractivity contribution in [1.82, 2.24) is 0 Å². The van der Waals surface area contributed by atoms with E-state index in [-0.39, 0.29) is 11.5 Å². The average Bonchev–Trinajstić information content (AvgIpc) is 2.14. The monoisotopic (exact) mass is 141 g/mol. The van der Waals surface area contributed by atoms with E-state index in [2.05, 4.69) is 0 Å². The highest BCUT2D eigenvalue weighted by Gasteiger charge is 2.27. The molecule has 10 heavy (non-hydrogen) atoms. The van der Waals surface area contributed by atoms with Crippen LogP contribution in [0.3, 0.4) is 0 Å². The van der Waals surface area contributed by atoms with Gasteiger partial charge in [0.2, 0.25) is 0 Å². The maximum absolute atomic E-state index is 10.7. The van der Waals surface area contributed by atoms with Crippen molar-refractivity contribution in [3.05, 3.63) is 21.4 Å². The number of nitro groups is 1. The van der Waals surface area contributed by atoms with Gasteiger partial charge in [-0.2, -0.15) is 0 Å². The highest BCUT2D eigenvalue weighted by molar-refractivity contribution is 5.97. The molecule has 0 saturated carbocycles. The topological polar surface area (TPSA) is 60.2 Å². The molecule has 1 rings (SSSR count). The number of carbonyl (C=O) groups is 1.